The van der Waals surface area contributed by atoms with Crippen LogP contribution >= 0.6 is 0 Å². The van der Waals surface area contributed by atoms with Gasteiger partial charge in [0.25, 0.3) is 0 Å². The van der Waals surface area contributed by atoms with Crippen molar-refractivity contribution in [1.82, 2.24) is 0 Å². The second kappa shape index (κ2) is 8.01. The molecule has 0 aromatic heterocycles. The Morgan fingerprint density at radius 3 is 2.17 bits per heavy atom. The van der Waals surface area contributed by atoms with Crippen LogP contribution in [0.2, 0.25) is 0 Å². The number of carbonyl (C=O) groups is 3. The number of esters is 1. The first-order valence-corrected chi connectivity index (χ1v) is 7.31. The molecule has 2 aromatic rings. The summed E-state index contributed by atoms with van der Waals surface area (Å²) >= 11 is 0. The van der Waals surface area contributed by atoms with E-state index in [-0.39, 0.29) is 24.5 Å². The normalized spacial score (nSPS) is 10.1. The standard InChI is InChI=1S/C18H16FNO4/c1-12(21)20-15-6-8-16(9-7-15)24-18(23)11-10-17(22)13-2-4-14(19)5-3-13/h2-9H,10-11H2,1H3,(H,20,21). The van der Waals surface area contributed by atoms with Gasteiger partial charge in [-0.3, -0.25) is 14.4 Å². The predicted molar refractivity (Wildman–Crippen MR) is 86.3 cm³/mol. The van der Waals surface area contributed by atoms with E-state index in [1.165, 1.54) is 31.2 Å². The number of ether oxygens (including phenoxy) is 1. The molecule has 0 aliphatic rings. The summed E-state index contributed by atoms with van der Waals surface area (Å²) in [5.41, 5.74) is 0.942. The number of hydrogen-bond acceptors (Lipinski definition) is 4. The van der Waals surface area contributed by atoms with E-state index in [0.29, 0.717) is 17.0 Å². The van der Waals surface area contributed by atoms with E-state index in [1.807, 2.05) is 0 Å². The molecule has 0 fully saturated rings. The van der Waals surface area contributed by atoms with Gasteiger partial charge in [0.05, 0.1) is 6.42 Å². The molecule has 0 aliphatic carbocycles. The number of ketones is 1. The fraction of sp³-hybridized carbons (Fsp3) is 0.167. The van der Waals surface area contributed by atoms with Crippen LogP contribution in [0.5, 0.6) is 5.75 Å². The van der Waals surface area contributed by atoms with Crippen LogP contribution in [0.4, 0.5) is 10.1 Å². The largest absolute Gasteiger partial charge is 0.427 e. The second-order valence-corrected chi connectivity index (χ2v) is 5.11. The maximum absolute atomic E-state index is 12.8. The van der Waals surface area contributed by atoms with Crippen LogP contribution in [0.25, 0.3) is 0 Å². The van der Waals surface area contributed by atoms with Gasteiger partial charge < -0.3 is 10.1 Å². The number of hydrogen-bond donors (Lipinski definition) is 1. The van der Waals surface area contributed by atoms with Gasteiger partial charge in [0, 0.05) is 24.6 Å². The Morgan fingerprint density at radius 2 is 1.58 bits per heavy atom. The van der Waals surface area contributed by atoms with Gasteiger partial charge in [-0.15, -0.1) is 0 Å². The zero-order valence-electron chi connectivity index (χ0n) is 13.0. The number of carbonyl (C=O) groups excluding carboxylic acids is 3. The number of rotatable bonds is 6. The number of Topliss-reactive ketones (excluding diaryl/α,β-unsaturated/α-hetero) is 1. The van der Waals surface area contributed by atoms with Gasteiger partial charge in [-0.2, -0.15) is 0 Å². The molecule has 0 unspecified atom stereocenters. The van der Waals surface area contributed by atoms with Crippen LogP contribution in [0.3, 0.4) is 0 Å². The van der Waals surface area contributed by atoms with Crippen molar-refractivity contribution < 1.29 is 23.5 Å². The van der Waals surface area contributed by atoms with Crippen LogP contribution < -0.4 is 10.1 Å². The van der Waals surface area contributed by atoms with E-state index in [9.17, 15) is 18.8 Å². The minimum atomic E-state index is -0.544. The van der Waals surface area contributed by atoms with Gasteiger partial charge in [-0.05, 0) is 48.5 Å². The molecule has 1 amide bonds. The molecule has 0 bridgehead atoms. The highest BCUT2D eigenvalue weighted by Crippen LogP contribution is 2.16. The van der Waals surface area contributed by atoms with Gasteiger partial charge in [0.1, 0.15) is 11.6 Å². The second-order valence-electron chi connectivity index (χ2n) is 5.11. The molecular weight excluding hydrogens is 313 g/mol. The number of halogens is 1. The maximum Gasteiger partial charge on any atom is 0.311 e. The van der Waals surface area contributed by atoms with E-state index in [2.05, 4.69) is 5.32 Å². The van der Waals surface area contributed by atoms with Crippen LogP contribution in [0.15, 0.2) is 48.5 Å². The van der Waals surface area contributed by atoms with Crippen molar-refractivity contribution in [2.24, 2.45) is 0 Å². The lowest BCUT2D eigenvalue weighted by Crippen LogP contribution is -2.11. The molecule has 1 N–H and O–H groups in total. The van der Waals surface area contributed by atoms with Crippen LogP contribution in [0.1, 0.15) is 30.1 Å². The number of anilines is 1. The summed E-state index contributed by atoms with van der Waals surface area (Å²) in [7, 11) is 0. The molecule has 2 rings (SSSR count). The molecule has 0 spiro atoms. The highest BCUT2D eigenvalue weighted by Gasteiger charge is 2.11. The Bertz CT molecular complexity index is 739. The van der Waals surface area contributed by atoms with Crippen molar-refractivity contribution in [3.8, 4) is 5.75 Å². The van der Waals surface area contributed by atoms with Crippen molar-refractivity contribution in [3.05, 3.63) is 59.9 Å². The van der Waals surface area contributed by atoms with E-state index in [4.69, 9.17) is 4.74 Å². The fourth-order valence-corrected chi connectivity index (χ4v) is 1.99. The summed E-state index contributed by atoms with van der Waals surface area (Å²) < 4.78 is 17.9. The first-order chi connectivity index (χ1) is 11.4. The van der Waals surface area contributed by atoms with Crippen LogP contribution in [-0.2, 0) is 9.59 Å². The Balaban J connectivity index is 1.83. The van der Waals surface area contributed by atoms with Gasteiger partial charge in [0.15, 0.2) is 5.78 Å². The van der Waals surface area contributed by atoms with Crippen molar-refractivity contribution in [2.75, 3.05) is 5.32 Å². The molecular formula is C18H16FNO4. The molecule has 0 radical (unpaired) electrons. The molecule has 5 nitrogen and oxygen atoms in total. The molecule has 2 aromatic carbocycles. The smallest absolute Gasteiger partial charge is 0.311 e. The van der Waals surface area contributed by atoms with Crippen molar-refractivity contribution in [1.29, 1.82) is 0 Å². The van der Waals surface area contributed by atoms with Crippen LogP contribution in [0, 0.1) is 5.82 Å². The molecule has 0 aliphatic heterocycles. The average molecular weight is 329 g/mol. The first-order valence-electron chi connectivity index (χ1n) is 7.31. The van der Waals surface area contributed by atoms with Gasteiger partial charge in [0.2, 0.25) is 5.91 Å². The Hall–Kier alpha value is -3.02. The molecule has 0 saturated heterocycles. The summed E-state index contributed by atoms with van der Waals surface area (Å²) in [4.78, 5) is 34.6. The Labute approximate surface area is 138 Å². The SMILES string of the molecule is CC(=O)Nc1ccc(OC(=O)CCC(=O)c2ccc(F)cc2)cc1. The zero-order chi connectivity index (χ0) is 17.5. The van der Waals surface area contributed by atoms with Crippen molar-refractivity contribution in [2.45, 2.75) is 19.8 Å². The highest BCUT2D eigenvalue weighted by molar-refractivity contribution is 5.97. The lowest BCUT2D eigenvalue weighted by Gasteiger charge is -2.06. The summed E-state index contributed by atoms with van der Waals surface area (Å²) in [6, 6.07) is 11.5. The molecule has 124 valence electrons. The summed E-state index contributed by atoms with van der Waals surface area (Å²) in [5.74, 6) is -1.10. The number of amides is 1. The third-order valence-corrected chi connectivity index (χ3v) is 3.13. The fourth-order valence-electron chi connectivity index (χ4n) is 1.99. The minimum Gasteiger partial charge on any atom is -0.427 e. The first kappa shape index (κ1) is 17.3. The number of nitrogens with one attached hydrogen (secondary N) is 1. The van der Waals surface area contributed by atoms with Gasteiger partial charge >= 0.3 is 5.97 Å². The van der Waals surface area contributed by atoms with E-state index in [1.54, 1.807) is 24.3 Å². The third kappa shape index (κ3) is 5.31. The molecule has 6 heteroatoms. The molecule has 0 atom stereocenters. The Kier molecular flexibility index (Phi) is 5.78. The topological polar surface area (TPSA) is 72.5 Å². The van der Waals surface area contributed by atoms with Crippen molar-refractivity contribution in [3.63, 3.8) is 0 Å². The predicted octanol–water partition coefficient (Wildman–Crippen LogP) is 3.35. The Morgan fingerprint density at radius 1 is 0.958 bits per heavy atom. The lowest BCUT2D eigenvalue weighted by atomic mass is 10.1. The zero-order valence-corrected chi connectivity index (χ0v) is 13.0. The van der Waals surface area contributed by atoms with Gasteiger partial charge in [-0.1, -0.05) is 0 Å². The molecule has 0 saturated carbocycles. The lowest BCUT2D eigenvalue weighted by molar-refractivity contribution is -0.134. The molecule has 24 heavy (non-hydrogen) atoms. The summed E-state index contributed by atoms with van der Waals surface area (Å²) in [5, 5.41) is 2.60. The van der Waals surface area contributed by atoms with Crippen LogP contribution in [-0.4, -0.2) is 17.7 Å². The highest BCUT2D eigenvalue weighted by atomic mass is 19.1. The van der Waals surface area contributed by atoms with E-state index in [0.717, 1.165) is 0 Å². The maximum atomic E-state index is 12.8. The quantitative estimate of drug-likeness (QED) is 0.501. The third-order valence-electron chi connectivity index (χ3n) is 3.13. The number of benzene rings is 2. The van der Waals surface area contributed by atoms with Crippen molar-refractivity contribution >= 4 is 23.3 Å². The summed E-state index contributed by atoms with van der Waals surface area (Å²) in [6.45, 7) is 1.39. The monoisotopic (exact) mass is 329 g/mol. The van der Waals surface area contributed by atoms with Gasteiger partial charge in [-0.25, -0.2) is 4.39 Å². The van der Waals surface area contributed by atoms with E-state index < -0.39 is 11.8 Å². The summed E-state index contributed by atoms with van der Waals surface area (Å²) in [6.07, 6.45) is -0.0991. The molecule has 0 heterocycles. The minimum absolute atomic E-state index is 0.0194. The average Bonchev–Trinajstić information content (AvgIpc) is 2.54. The van der Waals surface area contributed by atoms with E-state index >= 15 is 0 Å².